The summed E-state index contributed by atoms with van der Waals surface area (Å²) in [6.45, 7) is 2.10. The molecule has 3 aromatic rings. The maximum absolute atomic E-state index is 12.6. The number of hydrogen-bond donors (Lipinski definition) is 2. The van der Waals surface area contributed by atoms with Crippen LogP contribution >= 0.6 is 11.6 Å². The third-order valence-corrected chi connectivity index (χ3v) is 7.02. The van der Waals surface area contributed by atoms with Crippen LogP contribution in [0.1, 0.15) is 29.6 Å². The Morgan fingerprint density at radius 3 is 2.00 bits per heavy atom. The van der Waals surface area contributed by atoms with E-state index >= 15 is 0 Å². The van der Waals surface area contributed by atoms with Crippen molar-refractivity contribution >= 4 is 44.6 Å². The molecule has 0 atom stereocenters. The van der Waals surface area contributed by atoms with Crippen molar-refractivity contribution in [3.8, 4) is 0 Å². The zero-order valence-corrected chi connectivity index (χ0v) is 19.0. The van der Waals surface area contributed by atoms with Gasteiger partial charge < -0.3 is 10.2 Å². The van der Waals surface area contributed by atoms with Gasteiger partial charge in [-0.25, -0.2) is 8.42 Å². The molecule has 1 amide bonds. The number of anilines is 3. The van der Waals surface area contributed by atoms with Gasteiger partial charge in [0.05, 0.1) is 4.90 Å². The summed E-state index contributed by atoms with van der Waals surface area (Å²) in [6.07, 6.45) is 3.67. The number of amides is 1. The summed E-state index contributed by atoms with van der Waals surface area (Å²) in [5, 5.41) is 3.33. The molecular weight excluding hydrogens is 446 g/mol. The largest absolute Gasteiger partial charge is 0.372 e. The molecule has 0 radical (unpaired) electrons. The normalized spacial score (nSPS) is 14.1. The molecule has 0 spiro atoms. The fraction of sp³-hybridized carbons (Fsp3) is 0.208. The second-order valence-corrected chi connectivity index (χ2v) is 9.80. The van der Waals surface area contributed by atoms with Crippen LogP contribution in [0.2, 0.25) is 5.02 Å². The first kappa shape index (κ1) is 22.2. The van der Waals surface area contributed by atoms with Crippen molar-refractivity contribution < 1.29 is 13.2 Å². The van der Waals surface area contributed by atoms with Crippen LogP contribution < -0.4 is 14.9 Å². The van der Waals surface area contributed by atoms with Crippen LogP contribution in [-0.4, -0.2) is 27.4 Å². The first-order chi connectivity index (χ1) is 15.4. The summed E-state index contributed by atoms with van der Waals surface area (Å²) in [5.41, 5.74) is 2.61. The summed E-state index contributed by atoms with van der Waals surface area (Å²) in [5.74, 6) is -0.245. The highest BCUT2D eigenvalue weighted by molar-refractivity contribution is 7.92. The van der Waals surface area contributed by atoms with Gasteiger partial charge in [0.25, 0.3) is 15.9 Å². The maximum atomic E-state index is 12.6. The van der Waals surface area contributed by atoms with E-state index in [9.17, 15) is 13.2 Å². The van der Waals surface area contributed by atoms with Crippen LogP contribution in [0.4, 0.5) is 17.1 Å². The van der Waals surface area contributed by atoms with Gasteiger partial charge in [0.2, 0.25) is 0 Å². The van der Waals surface area contributed by atoms with E-state index in [1.165, 1.54) is 31.4 Å². The molecule has 0 aliphatic carbocycles. The van der Waals surface area contributed by atoms with Crippen molar-refractivity contribution in [1.82, 2.24) is 0 Å². The van der Waals surface area contributed by atoms with E-state index in [1.54, 1.807) is 36.4 Å². The lowest BCUT2D eigenvalue weighted by atomic mass is 10.1. The smallest absolute Gasteiger partial charge is 0.261 e. The molecule has 1 heterocycles. The van der Waals surface area contributed by atoms with E-state index in [0.717, 1.165) is 18.8 Å². The van der Waals surface area contributed by atoms with E-state index in [4.69, 9.17) is 11.6 Å². The van der Waals surface area contributed by atoms with E-state index in [0.29, 0.717) is 22.0 Å². The standard InChI is InChI=1S/C24H24ClN3O3S/c25-19-6-8-21(9-7-19)27-32(30,31)23-14-10-20(11-15-23)26-24(29)18-4-12-22(13-5-18)28-16-2-1-3-17-28/h4-15,27H,1-3,16-17H2,(H,26,29). The van der Waals surface area contributed by atoms with Gasteiger partial charge in [-0.1, -0.05) is 11.6 Å². The topological polar surface area (TPSA) is 78.5 Å². The average Bonchev–Trinajstić information content (AvgIpc) is 2.81. The lowest BCUT2D eigenvalue weighted by molar-refractivity contribution is 0.102. The van der Waals surface area contributed by atoms with Gasteiger partial charge in [0.15, 0.2) is 0 Å². The molecule has 0 bridgehead atoms. The Kier molecular flexibility index (Phi) is 6.67. The molecule has 1 saturated heterocycles. The Balaban J connectivity index is 1.39. The molecule has 2 N–H and O–H groups in total. The fourth-order valence-electron chi connectivity index (χ4n) is 3.63. The highest BCUT2D eigenvalue weighted by Crippen LogP contribution is 2.22. The first-order valence-corrected chi connectivity index (χ1v) is 12.3. The second kappa shape index (κ2) is 9.63. The Labute approximate surface area is 193 Å². The Morgan fingerprint density at radius 2 is 1.38 bits per heavy atom. The minimum absolute atomic E-state index is 0.0938. The third kappa shape index (κ3) is 5.41. The third-order valence-electron chi connectivity index (χ3n) is 5.37. The molecule has 1 aliphatic heterocycles. The summed E-state index contributed by atoms with van der Waals surface area (Å²) >= 11 is 5.83. The lowest BCUT2D eigenvalue weighted by Gasteiger charge is -2.28. The van der Waals surface area contributed by atoms with Crippen molar-refractivity contribution in [3.05, 3.63) is 83.4 Å². The monoisotopic (exact) mass is 469 g/mol. The number of nitrogens with zero attached hydrogens (tertiary/aromatic N) is 1. The zero-order chi connectivity index (χ0) is 22.6. The maximum Gasteiger partial charge on any atom is 0.261 e. The molecule has 166 valence electrons. The number of nitrogens with one attached hydrogen (secondary N) is 2. The van der Waals surface area contributed by atoms with Gasteiger partial charge in [-0.3, -0.25) is 9.52 Å². The Bertz CT molecular complexity index is 1170. The molecule has 32 heavy (non-hydrogen) atoms. The number of rotatable bonds is 6. The summed E-state index contributed by atoms with van der Waals surface area (Å²) in [7, 11) is -3.75. The molecular formula is C24H24ClN3O3S. The molecule has 1 aliphatic rings. The highest BCUT2D eigenvalue weighted by Gasteiger charge is 2.15. The number of sulfonamides is 1. The average molecular weight is 470 g/mol. The van der Waals surface area contributed by atoms with Gasteiger partial charge >= 0.3 is 0 Å². The Hall–Kier alpha value is -3.03. The fourth-order valence-corrected chi connectivity index (χ4v) is 4.81. The molecule has 8 heteroatoms. The predicted molar refractivity (Wildman–Crippen MR) is 129 cm³/mol. The number of carbonyl (C=O) groups is 1. The van der Waals surface area contributed by atoms with Crippen LogP contribution in [-0.2, 0) is 10.0 Å². The van der Waals surface area contributed by atoms with Gasteiger partial charge in [-0.2, -0.15) is 0 Å². The van der Waals surface area contributed by atoms with Crippen molar-refractivity contribution in [2.24, 2.45) is 0 Å². The molecule has 1 fully saturated rings. The van der Waals surface area contributed by atoms with E-state index in [2.05, 4.69) is 14.9 Å². The SMILES string of the molecule is O=C(Nc1ccc(S(=O)(=O)Nc2ccc(Cl)cc2)cc1)c1ccc(N2CCCCC2)cc1. The van der Waals surface area contributed by atoms with Crippen LogP contribution in [0, 0.1) is 0 Å². The van der Waals surface area contributed by atoms with E-state index in [1.807, 2.05) is 24.3 Å². The molecule has 6 nitrogen and oxygen atoms in total. The highest BCUT2D eigenvalue weighted by atomic mass is 35.5. The lowest BCUT2D eigenvalue weighted by Crippen LogP contribution is -2.29. The summed E-state index contributed by atoms with van der Waals surface area (Å²) in [4.78, 5) is 15.0. The molecule has 3 aromatic carbocycles. The van der Waals surface area contributed by atoms with E-state index < -0.39 is 10.0 Å². The first-order valence-electron chi connectivity index (χ1n) is 10.5. The number of benzene rings is 3. The number of carbonyl (C=O) groups excluding carboxylic acids is 1. The minimum Gasteiger partial charge on any atom is -0.372 e. The second-order valence-electron chi connectivity index (χ2n) is 7.69. The van der Waals surface area contributed by atoms with Gasteiger partial charge in [0.1, 0.15) is 0 Å². The predicted octanol–water partition coefficient (Wildman–Crippen LogP) is 5.38. The molecule has 4 rings (SSSR count). The van der Waals surface area contributed by atoms with Gasteiger partial charge in [0, 0.05) is 40.7 Å². The number of piperidine rings is 1. The summed E-state index contributed by atoms with van der Waals surface area (Å²) in [6, 6.07) is 20.0. The van der Waals surface area contributed by atoms with Crippen molar-refractivity contribution in [2.75, 3.05) is 28.0 Å². The minimum atomic E-state index is -3.75. The zero-order valence-electron chi connectivity index (χ0n) is 17.4. The summed E-state index contributed by atoms with van der Waals surface area (Å²) < 4.78 is 27.6. The quantitative estimate of drug-likeness (QED) is 0.507. The molecule has 0 aromatic heterocycles. The molecule has 0 unspecified atom stereocenters. The van der Waals surface area contributed by atoms with Crippen molar-refractivity contribution in [2.45, 2.75) is 24.2 Å². The van der Waals surface area contributed by atoms with Crippen LogP contribution in [0.3, 0.4) is 0 Å². The van der Waals surface area contributed by atoms with Crippen LogP contribution in [0.25, 0.3) is 0 Å². The number of halogens is 1. The Morgan fingerprint density at radius 1 is 0.781 bits per heavy atom. The molecule has 0 saturated carbocycles. The van der Waals surface area contributed by atoms with Crippen molar-refractivity contribution in [3.63, 3.8) is 0 Å². The number of hydrogen-bond acceptors (Lipinski definition) is 4. The van der Waals surface area contributed by atoms with E-state index in [-0.39, 0.29) is 10.8 Å². The van der Waals surface area contributed by atoms with Crippen LogP contribution in [0.5, 0.6) is 0 Å². The van der Waals surface area contributed by atoms with Gasteiger partial charge in [-0.05, 0) is 92.1 Å². The van der Waals surface area contributed by atoms with Gasteiger partial charge in [-0.15, -0.1) is 0 Å². The van der Waals surface area contributed by atoms with Crippen molar-refractivity contribution in [1.29, 1.82) is 0 Å². The van der Waals surface area contributed by atoms with Crippen LogP contribution in [0.15, 0.2) is 77.7 Å².